The Hall–Kier alpha value is -1.38. The van der Waals surface area contributed by atoms with E-state index in [0.29, 0.717) is 12.6 Å². The number of aliphatic hydroxyl groups excluding tert-OH is 1. The van der Waals surface area contributed by atoms with Crippen LogP contribution in [0.25, 0.3) is 10.8 Å². The number of hydrogen-bond donors (Lipinski definition) is 2. The second-order valence-corrected chi connectivity index (χ2v) is 5.97. The summed E-state index contributed by atoms with van der Waals surface area (Å²) in [6.07, 6.45) is 3.79. The van der Waals surface area contributed by atoms with Gasteiger partial charge < -0.3 is 10.4 Å². The minimum Gasteiger partial charge on any atom is -0.395 e. The van der Waals surface area contributed by atoms with Gasteiger partial charge in [0.25, 0.3) is 0 Å². The highest BCUT2D eigenvalue weighted by molar-refractivity contribution is 5.83. The Balaban J connectivity index is 1.94. The molecule has 2 N–H and O–H groups in total. The third-order valence-corrected chi connectivity index (χ3v) is 4.96. The molecule has 1 aliphatic rings. The van der Waals surface area contributed by atoms with Crippen molar-refractivity contribution in [2.75, 3.05) is 13.2 Å². The van der Waals surface area contributed by atoms with Crippen molar-refractivity contribution in [2.45, 2.75) is 37.6 Å². The summed E-state index contributed by atoms with van der Waals surface area (Å²) in [5.41, 5.74) is 1.69. The zero-order valence-electron chi connectivity index (χ0n) is 12.1. The van der Waals surface area contributed by atoms with Crippen molar-refractivity contribution in [3.63, 3.8) is 0 Å². The number of hydrogen-bond acceptors (Lipinski definition) is 2. The van der Waals surface area contributed by atoms with E-state index in [0.717, 1.165) is 0 Å². The van der Waals surface area contributed by atoms with Crippen LogP contribution in [0.4, 0.5) is 0 Å². The molecule has 0 saturated heterocycles. The Kier molecular flexibility index (Phi) is 3.77. The van der Waals surface area contributed by atoms with Gasteiger partial charge in [0.05, 0.1) is 6.61 Å². The van der Waals surface area contributed by atoms with Gasteiger partial charge in [-0.05, 0) is 36.1 Å². The summed E-state index contributed by atoms with van der Waals surface area (Å²) < 4.78 is 0. The summed E-state index contributed by atoms with van der Waals surface area (Å²) in [6, 6.07) is 15.8. The van der Waals surface area contributed by atoms with Crippen molar-refractivity contribution < 1.29 is 5.11 Å². The van der Waals surface area contributed by atoms with Gasteiger partial charge in [0.1, 0.15) is 0 Å². The minimum absolute atomic E-state index is 0.206. The molecule has 0 aromatic heterocycles. The summed E-state index contributed by atoms with van der Waals surface area (Å²) in [6.45, 7) is 3.14. The monoisotopic (exact) mass is 269 g/mol. The van der Waals surface area contributed by atoms with Crippen LogP contribution in [0.5, 0.6) is 0 Å². The van der Waals surface area contributed by atoms with E-state index in [1.54, 1.807) is 0 Å². The molecule has 0 radical (unpaired) electrons. The quantitative estimate of drug-likeness (QED) is 0.873. The molecule has 2 heteroatoms. The number of fused-ring (bicyclic) bond motifs is 1. The van der Waals surface area contributed by atoms with Crippen molar-refractivity contribution in [2.24, 2.45) is 0 Å². The van der Waals surface area contributed by atoms with Gasteiger partial charge in [-0.1, -0.05) is 48.9 Å². The molecule has 0 aliphatic heterocycles. The molecule has 0 heterocycles. The first kappa shape index (κ1) is 13.6. The highest BCUT2D eigenvalue weighted by Gasteiger charge is 2.43. The molecule has 0 bridgehead atoms. The topological polar surface area (TPSA) is 32.3 Å². The molecule has 2 aromatic carbocycles. The van der Waals surface area contributed by atoms with E-state index in [1.165, 1.54) is 35.6 Å². The van der Waals surface area contributed by atoms with Crippen LogP contribution >= 0.6 is 0 Å². The molecule has 2 nitrogen and oxygen atoms in total. The summed E-state index contributed by atoms with van der Waals surface area (Å²) in [4.78, 5) is 0. The summed E-state index contributed by atoms with van der Waals surface area (Å²) >= 11 is 0. The number of rotatable bonds is 5. The van der Waals surface area contributed by atoms with E-state index in [1.807, 2.05) is 0 Å². The van der Waals surface area contributed by atoms with Crippen LogP contribution in [-0.2, 0) is 5.41 Å². The molecule has 1 fully saturated rings. The maximum absolute atomic E-state index is 9.02. The van der Waals surface area contributed by atoms with Crippen LogP contribution in [0.2, 0.25) is 0 Å². The van der Waals surface area contributed by atoms with Gasteiger partial charge in [0, 0.05) is 18.0 Å². The van der Waals surface area contributed by atoms with Gasteiger partial charge in [-0.2, -0.15) is 0 Å². The molecule has 0 amide bonds. The summed E-state index contributed by atoms with van der Waals surface area (Å²) in [5.74, 6) is 0. The Labute approximate surface area is 120 Å². The van der Waals surface area contributed by atoms with Crippen LogP contribution in [-0.4, -0.2) is 24.3 Å². The Morgan fingerprint density at radius 3 is 2.55 bits per heavy atom. The van der Waals surface area contributed by atoms with Gasteiger partial charge in [-0.3, -0.25) is 0 Å². The van der Waals surface area contributed by atoms with Crippen LogP contribution in [0.1, 0.15) is 31.7 Å². The lowest BCUT2D eigenvalue weighted by molar-refractivity contribution is 0.171. The second-order valence-electron chi connectivity index (χ2n) is 5.97. The van der Waals surface area contributed by atoms with Crippen LogP contribution < -0.4 is 5.32 Å². The predicted molar refractivity (Wildman–Crippen MR) is 84.0 cm³/mol. The smallest absolute Gasteiger partial charge is 0.0556 e. The summed E-state index contributed by atoms with van der Waals surface area (Å²) in [5, 5.41) is 15.1. The van der Waals surface area contributed by atoms with Gasteiger partial charge in [0.15, 0.2) is 0 Å². The fourth-order valence-electron chi connectivity index (χ4n) is 3.50. The van der Waals surface area contributed by atoms with Gasteiger partial charge in [-0.25, -0.2) is 0 Å². The number of benzene rings is 2. The number of aliphatic hydroxyl groups is 1. The molecule has 1 aliphatic carbocycles. The highest BCUT2D eigenvalue weighted by Crippen LogP contribution is 2.47. The second kappa shape index (κ2) is 5.55. The lowest BCUT2D eigenvalue weighted by Crippen LogP contribution is -2.51. The van der Waals surface area contributed by atoms with Crippen molar-refractivity contribution in [1.82, 2.24) is 5.32 Å². The van der Waals surface area contributed by atoms with Crippen LogP contribution in [0.15, 0.2) is 42.5 Å². The average molecular weight is 269 g/mol. The predicted octanol–water partition coefficient (Wildman–Crippen LogP) is 3.23. The van der Waals surface area contributed by atoms with Gasteiger partial charge in [0.2, 0.25) is 0 Å². The molecule has 1 saturated carbocycles. The Morgan fingerprint density at radius 1 is 1.15 bits per heavy atom. The largest absolute Gasteiger partial charge is 0.395 e. The normalized spacial score (nSPS) is 18.7. The van der Waals surface area contributed by atoms with E-state index >= 15 is 0 Å². The fraction of sp³-hybridized carbons (Fsp3) is 0.444. The zero-order chi connectivity index (χ0) is 14.0. The third kappa shape index (κ3) is 2.23. The van der Waals surface area contributed by atoms with Crippen LogP contribution in [0, 0.1) is 0 Å². The molecular weight excluding hydrogens is 246 g/mol. The van der Waals surface area contributed by atoms with E-state index in [-0.39, 0.29) is 12.0 Å². The maximum Gasteiger partial charge on any atom is 0.0556 e. The van der Waals surface area contributed by atoms with E-state index in [4.69, 9.17) is 5.11 Å². The average Bonchev–Trinajstić information content (AvgIpc) is 2.44. The fourth-order valence-corrected chi connectivity index (χ4v) is 3.50. The zero-order valence-corrected chi connectivity index (χ0v) is 12.1. The molecule has 1 atom stereocenters. The van der Waals surface area contributed by atoms with E-state index in [9.17, 15) is 0 Å². The lowest BCUT2D eigenvalue weighted by Gasteiger charge is -2.47. The maximum atomic E-state index is 9.02. The molecule has 2 aromatic rings. The first-order valence-electron chi connectivity index (χ1n) is 7.60. The SMILES string of the molecule is CC(NCCO)C1(c2ccc3ccccc3c2)CCC1. The van der Waals surface area contributed by atoms with Crippen molar-refractivity contribution in [3.05, 3.63) is 48.0 Å². The first-order valence-corrected chi connectivity index (χ1v) is 7.60. The molecule has 3 rings (SSSR count). The van der Waals surface area contributed by atoms with Crippen molar-refractivity contribution in [1.29, 1.82) is 0 Å². The van der Waals surface area contributed by atoms with E-state index in [2.05, 4.69) is 54.7 Å². The Morgan fingerprint density at radius 2 is 1.90 bits per heavy atom. The van der Waals surface area contributed by atoms with Crippen LogP contribution in [0.3, 0.4) is 0 Å². The summed E-state index contributed by atoms with van der Waals surface area (Å²) in [7, 11) is 0. The Bertz CT molecular complexity index is 589. The van der Waals surface area contributed by atoms with E-state index < -0.39 is 0 Å². The number of nitrogens with one attached hydrogen (secondary N) is 1. The van der Waals surface area contributed by atoms with Gasteiger partial charge >= 0.3 is 0 Å². The minimum atomic E-state index is 0.206. The van der Waals surface area contributed by atoms with Crippen molar-refractivity contribution >= 4 is 10.8 Å². The first-order chi connectivity index (χ1) is 9.76. The molecule has 106 valence electrons. The molecular formula is C18H23NO. The standard InChI is InChI=1S/C18H23NO/c1-14(19-11-12-20)18(9-4-10-18)17-8-7-15-5-2-3-6-16(15)13-17/h2-3,5-8,13-14,19-20H,4,9-12H2,1H3. The highest BCUT2D eigenvalue weighted by atomic mass is 16.3. The lowest BCUT2D eigenvalue weighted by atomic mass is 9.60. The molecule has 0 spiro atoms. The molecule has 1 unspecified atom stereocenters. The third-order valence-electron chi connectivity index (χ3n) is 4.96. The van der Waals surface area contributed by atoms with Crippen molar-refractivity contribution in [3.8, 4) is 0 Å². The van der Waals surface area contributed by atoms with Gasteiger partial charge in [-0.15, -0.1) is 0 Å². The molecule has 20 heavy (non-hydrogen) atoms.